The van der Waals surface area contributed by atoms with Gasteiger partial charge in [0.2, 0.25) is 5.91 Å². The van der Waals surface area contributed by atoms with Crippen molar-refractivity contribution in [1.29, 1.82) is 0 Å². The van der Waals surface area contributed by atoms with Gasteiger partial charge in [0.25, 0.3) is 11.6 Å². The summed E-state index contributed by atoms with van der Waals surface area (Å²) in [5.41, 5.74) is 2.76. The van der Waals surface area contributed by atoms with Gasteiger partial charge in [0.05, 0.1) is 11.0 Å². The van der Waals surface area contributed by atoms with E-state index in [1.54, 1.807) is 11.0 Å². The Hall–Kier alpha value is -3.22. The summed E-state index contributed by atoms with van der Waals surface area (Å²) in [6, 6.07) is 11.2. The van der Waals surface area contributed by atoms with Gasteiger partial charge in [-0.1, -0.05) is 18.2 Å². The van der Waals surface area contributed by atoms with Gasteiger partial charge in [-0.3, -0.25) is 19.7 Å². The zero-order valence-electron chi connectivity index (χ0n) is 14.6. The third-order valence-electron chi connectivity index (χ3n) is 4.61. The molecule has 3 rings (SSSR count). The fraction of sp³-hybridized carbons (Fsp3) is 0.263. The lowest BCUT2D eigenvalue weighted by atomic mass is 10.1. The molecular weight excluding hydrogens is 334 g/mol. The number of carbonyl (C=O) groups excluding carboxylic acids is 2. The topological polar surface area (TPSA) is 92.6 Å². The van der Waals surface area contributed by atoms with E-state index in [1.807, 2.05) is 32.0 Å². The summed E-state index contributed by atoms with van der Waals surface area (Å²) in [5, 5.41) is 13.8. The highest BCUT2D eigenvalue weighted by Gasteiger charge is 2.32. The molecule has 0 bridgehead atoms. The first-order chi connectivity index (χ1) is 12.4. The van der Waals surface area contributed by atoms with E-state index >= 15 is 0 Å². The van der Waals surface area contributed by atoms with E-state index in [9.17, 15) is 19.7 Å². The van der Waals surface area contributed by atoms with E-state index in [0.29, 0.717) is 6.54 Å². The van der Waals surface area contributed by atoms with Crippen molar-refractivity contribution < 1.29 is 14.5 Å². The molecule has 0 saturated carbocycles. The number of nitrogens with zero attached hydrogens (tertiary/aromatic N) is 2. The van der Waals surface area contributed by atoms with E-state index in [1.165, 1.54) is 18.2 Å². The van der Waals surface area contributed by atoms with Gasteiger partial charge < -0.3 is 10.2 Å². The molecule has 0 spiro atoms. The molecule has 0 aliphatic carbocycles. The fourth-order valence-corrected chi connectivity index (χ4v) is 3.04. The first kappa shape index (κ1) is 17.6. The summed E-state index contributed by atoms with van der Waals surface area (Å²) in [6.07, 6.45) is 0.166. The van der Waals surface area contributed by atoms with Crippen molar-refractivity contribution in [1.82, 2.24) is 5.32 Å². The Labute approximate surface area is 150 Å². The molecule has 134 valence electrons. The largest absolute Gasteiger partial charge is 0.347 e. The minimum Gasteiger partial charge on any atom is -0.347 e. The highest BCUT2D eigenvalue weighted by molar-refractivity contribution is 6.00. The predicted octanol–water partition coefficient (Wildman–Crippen LogP) is 2.75. The van der Waals surface area contributed by atoms with Crippen LogP contribution in [0.1, 0.15) is 27.9 Å². The highest BCUT2D eigenvalue weighted by atomic mass is 16.6. The van der Waals surface area contributed by atoms with Crippen LogP contribution in [-0.2, 0) is 4.79 Å². The lowest BCUT2D eigenvalue weighted by molar-refractivity contribution is -0.385. The van der Waals surface area contributed by atoms with Crippen molar-refractivity contribution >= 4 is 23.2 Å². The average molecular weight is 353 g/mol. The maximum absolute atomic E-state index is 12.4. The van der Waals surface area contributed by atoms with Crippen molar-refractivity contribution in [3.8, 4) is 0 Å². The lowest BCUT2D eigenvalue weighted by Gasteiger charge is -2.18. The van der Waals surface area contributed by atoms with Crippen molar-refractivity contribution in [2.75, 3.05) is 11.4 Å². The SMILES string of the molecule is Cc1ccc(N2C[C@H](NC(=O)c3ccccc3[N+](=O)[O-])CC2=O)cc1C. The molecule has 1 fully saturated rings. The number of para-hydroxylation sites is 1. The van der Waals surface area contributed by atoms with Gasteiger partial charge in [-0.2, -0.15) is 0 Å². The Morgan fingerprint density at radius 1 is 1.19 bits per heavy atom. The Balaban J connectivity index is 1.74. The van der Waals surface area contributed by atoms with Gasteiger partial charge in [0.15, 0.2) is 0 Å². The molecule has 1 N–H and O–H groups in total. The van der Waals surface area contributed by atoms with Gasteiger partial charge in [0, 0.05) is 24.7 Å². The number of amides is 2. The van der Waals surface area contributed by atoms with Crippen molar-refractivity contribution in [2.24, 2.45) is 0 Å². The maximum Gasteiger partial charge on any atom is 0.282 e. The van der Waals surface area contributed by atoms with Crippen molar-refractivity contribution in [2.45, 2.75) is 26.3 Å². The Bertz CT molecular complexity index is 894. The molecule has 1 atom stereocenters. The van der Waals surface area contributed by atoms with Crippen LogP contribution in [0.4, 0.5) is 11.4 Å². The first-order valence-electron chi connectivity index (χ1n) is 8.28. The van der Waals surface area contributed by atoms with Crippen molar-refractivity contribution in [3.05, 3.63) is 69.3 Å². The van der Waals surface area contributed by atoms with Crippen LogP contribution in [0.25, 0.3) is 0 Å². The summed E-state index contributed by atoms with van der Waals surface area (Å²) in [5.74, 6) is -0.627. The van der Waals surface area contributed by atoms with E-state index in [4.69, 9.17) is 0 Å². The van der Waals surface area contributed by atoms with Crippen LogP contribution in [0.3, 0.4) is 0 Å². The monoisotopic (exact) mass is 353 g/mol. The summed E-state index contributed by atoms with van der Waals surface area (Å²) in [6.45, 7) is 4.32. The number of anilines is 1. The quantitative estimate of drug-likeness (QED) is 0.676. The molecule has 2 aromatic carbocycles. The minimum atomic E-state index is -0.587. The molecule has 2 amide bonds. The number of hydrogen-bond donors (Lipinski definition) is 1. The summed E-state index contributed by atoms with van der Waals surface area (Å²) < 4.78 is 0. The number of hydrogen-bond acceptors (Lipinski definition) is 4. The second-order valence-electron chi connectivity index (χ2n) is 6.42. The van der Waals surface area contributed by atoms with Crippen LogP contribution in [0.2, 0.25) is 0 Å². The van der Waals surface area contributed by atoms with Gasteiger partial charge in [-0.15, -0.1) is 0 Å². The van der Waals surface area contributed by atoms with Gasteiger partial charge >= 0.3 is 0 Å². The molecule has 26 heavy (non-hydrogen) atoms. The molecule has 1 heterocycles. The van der Waals surface area contributed by atoms with Crippen molar-refractivity contribution in [3.63, 3.8) is 0 Å². The van der Waals surface area contributed by atoms with Gasteiger partial charge in [-0.25, -0.2) is 0 Å². The molecular formula is C19H19N3O4. The van der Waals surface area contributed by atoms with E-state index in [-0.39, 0.29) is 23.6 Å². The van der Waals surface area contributed by atoms with Crippen LogP contribution in [0, 0.1) is 24.0 Å². The molecule has 1 saturated heterocycles. The minimum absolute atomic E-state index is 0.00502. The molecule has 0 unspecified atom stereocenters. The number of nitrogens with one attached hydrogen (secondary N) is 1. The van der Waals surface area contributed by atoms with Crippen LogP contribution in [0.15, 0.2) is 42.5 Å². The summed E-state index contributed by atoms with van der Waals surface area (Å²) >= 11 is 0. The number of carbonyl (C=O) groups is 2. The summed E-state index contributed by atoms with van der Waals surface area (Å²) in [4.78, 5) is 36.9. The van der Waals surface area contributed by atoms with Crippen LogP contribution in [-0.4, -0.2) is 29.3 Å². The number of rotatable bonds is 4. The molecule has 1 aliphatic rings. The second kappa shape index (κ2) is 6.95. The number of nitro groups is 1. The number of aryl methyl sites for hydroxylation is 2. The maximum atomic E-state index is 12.4. The molecule has 1 aliphatic heterocycles. The molecule has 7 nitrogen and oxygen atoms in total. The lowest BCUT2D eigenvalue weighted by Crippen LogP contribution is -2.37. The molecule has 0 aromatic heterocycles. The van der Waals surface area contributed by atoms with E-state index < -0.39 is 16.9 Å². The molecule has 2 aromatic rings. The van der Waals surface area contributed by atoms with E-state index in [2.05, 4.69) is 5.32 Å². The van der Waals surface area contributed by atoms with Gasteiger partial charge in [0.1, 0.15) is 5.56 Å². The molecule has 7 heteroatoms. The standard InChI is InChI=1S/C19H19N3O4/c1-12-7-8-15(9-13(12)2)21-11-14(10-18(21)23)20-19(24)16-5-3-4-6-17(16)22(25)26/h3-9,14H,10-11H2,1-2H3,(H,20,24)/t14-/m1/s1. The predicted molar refractivity (Wildman–Crippen MR) is 97.2 cm³/mol. The Kier molecular flexibility index (Phi) is 4.71. The van der Waals surface area contributed by atoms with Crippen LogP contribution < -0.4 is 10.2 Å². The third kappa shape index (κ3) is 3.42. The van der Waals surface area contributed by atoms with Crippen LogP contribution >= 0.6 is 0 Å². The van der Waals surface area contributed by atoms with E-state index in [0.717, 1.165) is 16.8 Å². The third-order valence-corrected chi connectivity index (χ3v) is 4.61. The zero-order chi connectivity index (χ0) is 18.8. The first-order valence-corrected chi connectivity index (χ1v) is 8.28. The molecule has 0 radical (unpaired) electrons. The van der Waals surface area contributed by atoms with Gasteiger partial charge in [-0.05, 0) is 43.2 Å². The number of nitro benzene ring substituents is 1. The summed E-state index contributed by atoms with van der Waals surface area (Å²) in [7, 11) is 0. The normalized spacial score (nSPS) is 16.6. The van der Waals surface area contributed by atoms with Crippen LogP contribution in [0.5, 0.6) is 0 Å². The second-order valence-corrected chi connectivity index (χ2v) is 6.42. The average Bonchev–Trinajstić information content (AvgIpc) is 2.97. The fourth-order valence-electron chi connectivity index (χ4n) is 3.04. The number of benzene rings is 2. The zero-order valence-corrected chi connectivity index (χ0v) is 14.6. The Morgan fingerprint density at radius 3 is 2.62 bits per heavy atom. The Morgan fingerprint density at radius 2 is 1.92 bits per heavy atom. The smallest absolute Gasteiger partial charge is 0.282 e. The highest BCUT2D eigenvalue weighted by Crippen LogP contribution is 2.25.